The second-order valence-electron chi connectivity index (χ2n) is 5.24. The Bertz CT molecular complexity index is 395. The number of methoxy groups -OCH3 is 1. The van der Waals surface area contributed by atoms with Gasteiger partial charge in [-0.2, -0.15) is 0 Å². The van der Waals surface area contributed by atoms with Crippen molar-refractivity contribution in [1.29, 1.82) is 0 Å². The molecule has 1 atom stereocenters. The molecule has 2 fully saturated rings. The topological polar surface area (TPSA) is 87.7 Å². The van der Waals surface area contributed by atoms with Crippen LogP contribution in [0.3, 0.4) is 0 Å². The first-order valence-corrected chi connectivity index (χ1v) is 6.97. The van der Waals surface area contributed by atoms with E-state index in [1.165, 1.54) is 7.11 Å². The summed E-state index contributed by atoms with van der Waals surface area (Å²) in [7, 11) is 1.42. The van der Waals surface area contributed by atoms with Crippen molar-refractivity contribution in [2.75, 3.05) is 26.8 Å². The zero-order valence-corrected chi connectivity index (χ0v) is 11.7. The summed E-state index contributed by atoms with van der Waals surface area (Å²) < 4.78 is 4.67. The molecule has 1 heterocycles. The predicted molar refractivity (Wildman–Crippen MR) is 70.8 cm³/mol. The summed E-state index contributed by atoms with van der Waals surface area (Å²) >= 11 is 0. The Balaban J connectivity index is 1.80. The molecule has 0 spiro atoms. The molecule has 0 bridgehead atoms. The van der Waals surface area contributed by atoms with Crippen molar-refractivity contribution in [2.24, 2.45) is 0 Å². The van der Waals surface area contributed by atoms with E-state index in [4.69, 9.17) is 0 Å². The summed E-state index contributed by atoms with van der Waals surface area (Å²) in [5.41, 5.74) is 0. The van der Waals surface area contributed by atoms with Crippen LogP contribution in [-0.2, 0) is 19.1 Å². The Kier molecular flexibility index (Phi) is 4.94. The highest BCUT2D eigenvalue weighted by molar-refractivity contribution is 5.91. The van der Waals surface area contributed by atoms with Gasteiger partial charge in [-0.1, -0.05) is 0 Å². The van der Waals surface area contributed by atoms with Gasteiger partial charge in [0.25, 0.3) is 0 Å². The molecule has 0 unspecified atom stereocenters. The van der Waals surface area contributed by atoms with Gasteiger partial charge in [-0.3, -0.25) is 14.4 Å². The van der Waals surface area contributed by atoms with Gasteiger partial charge in [0.15, 0.2) is 0 Å². The molecule has 1 aliphatic heterocycles. The van der Waals surface area contributed by atoms with Gasteiger partial charge >= 0.3 is 0 Å². The zero-order valence-electron chi connectivity index (χ0n) is 11.7. The van der Waals surface area contributed by atoms with Gasteiger partial charge in [0, 0.05) is 19.7 Å². The van der Waals surface area contributed by atoms with E-state index in [0.29, 0.717) is 19.0 Å². The first-order valence-electron chi connectivity index (χ1n) is 6.97. The minimum absolute atomic E-state index is 0.0680. The van der Waals surface area contributed by atoms with Gasteiger partial charge in [0.05, 0.1) is 6.54 Å². The average Bonchev–Trinajstić information content (AvgIpc) is 3.08. The first-order chi connectivity index (χ1) is 9.61. The normalized spacial score (nSPS) is 21.6. The summed E-state index contributed by atoms with van der Waals surface area (Å²) in [6, 6.07) is -0.0936. The van der Waals surface area contributed by atoms with Crippen LogP contribution < -0.4 is 10.6 Å². The molecule has 7 nitrogen and oxygen atoms in total. The number of nitrogens with one attached hydrogen (secondary N) is 2. The SMILES string of the molecule is COCC(=O)NCC(=O)N1CCC[C@H]1C(=O)NC1CC1. The van der Waals surface area contributed by atoms with Gasteiger partial charge < -0.3 is 20.3 Å². The van der Waals surface area contributed by atoms with Crippen molar-refractivity contribution in [3.05, 3.63) is 0 Å². The van der Waals surface area contributed by atoms with Crippen LogP contribution in [0.15, 0.2) is 0 Å². The summed E-state index contributed by atoms with van der Waals surface area (Å²) in [6.07, 6.45) is 3.57. The summed E-state index contributed by atoms with van der Waals surface area (Å²) in [5.74, 6) is -0.622. The molecule has 0 aromatic carbocycles. The highest BCUT2D eigenvalue weighted by Gasteiger charge is 2.36. The second-order valence-corrected chi connectivity index (χ2v) is 5.24. The molecule has 1 aliphatic carbocycles. The van der Waals surface area contributed by atoms with E-state index in [1.807, 2.05) is 0 Å². The van der Waals surface area contributed by atoms with Crippen molar-refractivity contribution < 1.29 is 19.1 Å². The molecule has 2 N–H and O–H groups in total. The summed E-state index contributed by atoms with van der Waals surface area (Å²) in [5, 5.41) is 5.41. The monoisotopic (exact) mass is 283 g/mol. The lowest BCUT2D eigenvalue weighted by molar-refractivity contribution is -0.139. The number of hydrogen-bond acceptors (Lipinski definition) is 4. The minimum Gasteiger partial charge on any atom is -0.375 e. The third-order valence-electron chi connectivity index (χ3n) is 3.51. The van der Waals surface area contributed by atoms with Crippen LogP contribution in [0.2, 0.25) is 0 Å². The molecule has 1 saturated heterocycles. The van der Waals surface area contributed by atoms with Gasteiger partial charge in [-0.05, 0) is 25.7 Å². The minimum atomic E-state index is -0.387. The van der Waals surface area contributed by atoms with Crippen LogP contribution in [0, 0.1) is 0 Å². The van der Waals surface area contributed by atoms with Crippen molar-refractivity contribution in [1.82, 2.24) is 15.5 Å². The molecule has 0 radical (unpaired) electrons. The fourth-order valence-electron chi connectivity index (χ4n) is 2.32. The molecule has 0 aromatic heterocycles. The molecule has 2 aliphatic rings. The van der Waals surface area contributed by atoms with Crippen LogP contribution >= 0.6 is 0 Å². The lowest BCUT2D eigenvalue weighted by Crippen LogP contribution is -2.49. The molecule has 0 aromatic rings. The largest absolute Gasteiger partial charge is 0.375 e. The number of rotatable bonds is 6. The molecule has 1 saturated carbocycles. The highest BCUT2D eigenvalue weighted by Crippen LogP contribution is 2.22. The summed E-state index contributed by atoms with van der Waals surface area (Å²) in [4.78, 5) is 36.9. The van der Waals surface area contributed by atoms with E-state index in [2.05, 4.69) is 15.4 Å². The molecule has 2 rings (SSSR count). The van der Waals surface area contributed by atoms with Crippen LogP contribution in [-0.4, -0.2) is 61.5 Å². The smallest absolute Gasteiger partial charge is 0.246 e. The number of ether oxygens (including phenoxy) is 1. The average molecular weight is 283 g/mol. The molecule has 112 valence electrons. The molecular weight excluding hydrogens is 262 g/mol. The number of nitrogens with zero attached hydrogens (tertiary/aromatic N) is 1. The Labute approximate surface area is 118 Å². The number of likely N-dealkylation sites (tertiary alicyclic amines) is 1. The molecular formula is C13H21N3O4. The fraction of sp³-hybridized carbons (Fsp3) is 0.769. The van der Waals surface area contributed by atoms with E-state index in [0.717, 1.165) is 19.3 Å². The van der Waals surface area contributed by atoms with Crippen molar-refractivity contribution in [2.45, 2.75) is 37.8 Å². The van der Waals surface area contributed by atoms with E-state index in [9.17, 15) is 14.4 Å². The Hall–Kier alpha value is -1.63. The maximum absolute atomic E-state index is 12.1. The van der Waals surface area contributed by atoms with Gasteiger partial charge in [0.2, 0.25) is 17.7 Å². The first kappa shape index (κ1) is 14.8. The van der Waals surface area contributed by atoms with Gasteiger partial charge in [0.1, 0.15) is 12.6 Å². The quantitative estimate of drug-likeness (QED) is 0.656. The van der Waals surface area contributed by atoms with Gasteiger partial charge in [-0.25, -0.2) is 0 Å². The second kappa shape index (κ2) is 6.69. The lowest BCUT2D eigenvalue weighted by atomic mass is 10.2. The fourth-order valence-corrected chi connectivity index (χ4v) is 2.32. The Morgan fingerprint density at radius 3 is 2.65 bits per heavy atom. The van der Waals surface area contributed by atoms with Crippen molar-refractivity contribution in [3.8, 4) is 0 Å². The van der Waals surface area contributed by atoms with Crippen molar-refractivity contribution >= 4 is 17.7 Å². The van der Waals surface area contributed by atoms with E-state index < -0.39 is 0 Å². The van der Waals surface area contributed by atoms with E-state index in [1.54, 1.807) is 4.90 Å². The van der Waals surface area contributed by atoms with Crippen LogP contribution in [0.4, 0.5) is 0 Å². The number of amides is 3. The van der Waals surface area contributed by atoms with E-state index >= 15 is 0 Å². The third kappa shape index (κ3) is 3.93. The zero-order chi connectivity index (χ0) is 14.5. The number of hydrogen-bond donors (Lipinski definition) is 2. The Morgan fingerprint density at radius 1 is 1.25 bits per heavy atom. The maximum atomic E-state index is 12.1. The standard InChI is InChI=1S/C13H21N3O4/c1-20-8-11(17)14-7-12(18)16-6-2-3-10(16)13(19)15-9-4-5-9/h9-10H,2-8H2,1H3,(H,14,17)(H,15,19)/t10-/m0/s1. The number of carbonyl (C=O) groups is 3. The number of carbonyl (C=O) groups excluding carboxylic acids is 3. The van der Waals surface area contributed by atoms with Crippen LogP contribution in [0.1, 0.15) is 25.7 Å². The molecule has 7 heteroatoms. The predicted octanol–water partition coefficient (Wildman–Crippen LogP) is -0.981. The van der Waals surface area contributed by atoms with Crippen LogP contribution in [0.25, 0.3) is 0 Å². The molecule has 20 heavy (non-hydrogen) atoms. The van der Waals surface area contributed by atoms with Gasteiger partial charge in [-0.15, -0.1) is 0 Å². The third-order valence-corrected chi connectivity index (χ3v) is 3.51. The van der Waals surface area contributed by atoms with E-state index in [-0.39, 0.29) is 36.9 Å². The lowest BCUT2D eigenvalue weighted by Gasteiger charge is -2.24. The summed E-state index contributed by atoms with van der Waals surface area (Å²) in [6.45, 7) is 0.413. The Morgan fingerprint density at radius 2 is 2.00 bits per heavy atom. The van der Waals surface area contributed by atoms with Crippen molar-refractivity contribution in [3.63, 3.8) is 0 Å². The maximum Gasteiger partial charge on any atom is 0.246 e. The highest BCUT2D eigenvalue weighted by atomic mass is 16.5. The molecule has 3 amide bonds. The van der Waals surface area contributed by atoms with Crippen LogP contribution in [0.5, 0.6) is 0 Å².